The van der Waals surface area contributed by atoms with Crippen molar-refractivity contribution in [3.8, 4) is 79.0 Å². The SMILES string of the molecule is c1ccc(-c2ccc(-c3nc(-c4ccccc4)nc(-c4ccc5c6c(cccc46)-c4c(cccc4-c4ccccc4)O5)n3)cc2)cc1. The highest BCUT2D eigenvalue weighted by Crippen LogP contribution is 2.51. The zero-order valence-corrected chi connectivity index (χ0v) is 25.3. The summed E-state index contributed by atoms with van der Waals surface area (Å²) >= 11 is 0. The van der Waals surface area contributed by atoms with Crippen LogP contribution in [0.4, 0.5) is 0 Å². The molecule has 0 N–H and O–H groups in total. The average molecular weight is 602 g/mol. The monoisotopic (exact) mass is 601 g/mol. The molecule has 0 atom stereocenters. The van der Waals surface area contributed by atoms with Gasteiger partial charge >= 0.3 is 0 Å². The topological polar surface area (TPSA) is 47.9 Å². The van der Waals surface area contributed by atoms with E-state index in [2.05, 4.69) is 109 Å². The van der Waals surface area contributed by atoms with Gasteiger partial charge in [0, 0.05) is 27.6 Å². The van der Waals surface area contributed by atoms with Crippen LogP contribution in [0, 0.1) is 0 Å². The van der Waals surface area contributed by atoms with Crippen LogP contribution in [0.3, 0.4) is 0 Å². The fraction of sp³-hybridized carbons (Fsp3) is 0. The van der Waals surface area contributed by atoms with Gasteiger partial charge in [0.15, 0.2) is 17.5 Å². The molecule has 4 heteroatoms. The van der Waals surface area contributed by atoms with Crippen molar-refractivity contribution in [1.82, 2.24) is 15.0 Å². The van der Waals surface area contributed by atoms with E-state index in [0.29, 0.717) is 17.5 Å². The van der Waals surface area contributed by atoms with E-state index in [-0.39, 0.29) is 0 Å². The number of fused-ring (bicyclic) bond motifs is 2. The third-order valence-electron chi connectivity index (χ3n) is 8.76. The van der Waals surface area contributed by atoms with Gasteiger partial charge in [-0.15, -0.1) is 0 Å². The van der Waals surface area contributed by atoms with Crippen molar-refractivity contribution in [3.05, 3.63) is 164 Å². The molecule has 0 saturated heterocycles. The van der Waals surface area contributed by atoms with Crippen LogP contribution in [-0.4, -0.2) is 15.0 Å². The van der Waals surface area contributed by atoms with Crippen molar-refractivity contribution >= 4 is 10.8 Å². The minimum absolute atomic E-state index is 0.617. The molecule has 47 heavy (non-hydrogen) atoms. The number of ether oxygens (including phenoxy) is 1. The smallest absolute Gasteiger partial charge is 0.164 e. The van der Waals surface area contributed by atoms with Gasteiger partial charge in [0.1, 0.15) is 11.5 Å². The minimum atomic E-state index is 0.617. The predicted octanol–water partition coefficient (Wildman–Crippen LogP) is 11.1. The molecule has 4 nitrogen and oxygen atoms in total. The average Bonchev–Trinajstić information content (AvgIpc) is 3.16. The number of hydrogen-bond acceptors (Lipinski definition) is 4. The number of nitrogens with zero attached hydrogens (tertiary/aromatic N) is 3. The molecule has 8 aromatic rings. The molecular formula is C43H27N3O. The van der Waals surface area contributed by atoms with Crippen LogP contribution in [0.5, 0.6) is 11.5 Å². The molecular weight excluding hydrogens is 574 g/mol. The van der Waals surface area contributed by atoms with Gasteiger partial charge in [-0.3, -0.25) is 0 Å². The van der Waals surface area contributed by atoms with E-state index in [1.54, 1.807) is 0 Å². The van der Waals surface area contributed by atoms with Gasteiger partial charge in [0.2, 0.25) is 0 Å². The summed E-state index contributed by atoms with van der Waals surface area (Å²) in [5.41, 5.74) is 9.62. The van der Waals surface area contributed by atoms with Crippen molar-refractivity contribution in [3.63, 3.8) is 0 Å². The Balaban J connectivity index is 1.23. The van der Waals surface area contributed by atoms with Crippen LogP contribution in [0.15, 0.2) is 164 Å². The van der Waals surface area contributed by atoms with E-state index >= 15 is 0 Å². The first-order valence-electron chi connectivity index (χ1n) is 15.7. The number of aromatic nitrogens is 3. The molecule has 0 fully saturated rings. The van der Waals surface area contributed by atoms with Gasteiger partial charge in [-0.25, -0.2) is 15.0 Å². The Kier molecular flexibility index (Phi) is 6.43. The van der Waals surface area contributed by atoms with Gasteiger partial charge in [0.25, 0.3) is 0 Å². The summed E-state index contributed by atoms with van der Waals surface area (Å²) in [5, 5.41) is 2.08. The Morgan fingerprint density at radius 2 is 0.851 bits per heavy atom. The Hall–Kier alpha value is -6.39. The zero-order valence-electron chi connectivity index (χ0n) is 25.3. The van der Waals surface area contributed by atoms with Gasteiger partial charge in [-0.1, -0.05) is 146 Å². The molecule has 2 heterocycles. The van der Waals surface area contributed by atoms with E-state index in [0.717, 1.165) is 66.8 Å². The normalized spacial score (nSPS) is 11.6. The van der Waals surface area contributed by atoms with Crippen LogP contribution in [0.2, 0.25) is 0 Å². The first kappa shape index (κ1) is 27.0. The van der Waals surface area contributed by atoms with Crippen molar-refractivity contribution in [2.24, 2.45) is 0 Å². The number of rotatable bonds is 5. The lowest BCUT2D eigenvalue weighted by atomic mass is 9.88. The second-order valence-electron chi connectivity index (χ2n) is 11.6. The van der Waals surface area contributed by atoms with Crippen molar-refractivity contribution in [2.75, 3.05) is 0 Å². The van der Waals surface area contributed by atoms with E-state index < -0.39 is 0 Å². The van der Waals surface area contributed by atoms with Crippen LogP contribution < -0.4 is 4.74 Å². The molecule has 0 saturated carbocycles. The summed E-state index contributed by atoms with van der Waals surface area (Å²) < 4.78 is 6.58. The Bertz CT molecular complexity index is 2410. The highest BCUT2D eigenvalue weighted by Gasteiger charge is 2.25. The summed E-state index contributed by atoms with van der Waals surface area (Å²) in [7, 11) is 0. The molecule has 0 spiro atoms. The third-order valence-corrected chi connectivity index (χ3v) is 8.76. The van der Waals surface area contributed by atoms with Crippen molar-refractivity contribution in [2.45, 2.75) is 0 Å². The molecule has 7 aromatic carbocycles. The largest absolute Gasteiger partial charge is 0.456 e. The first-order valence-corrected chi connectivity index (χ1v) is 15.7. The molecule has 0 unspecified atom stereocenters. The maximum absolute atomic E-state index is 6.58. The Labute approximate surface area is 272 Å². The van der Waals surface area contributed by atoms with Gasteiger partial charge < -0.3 is 4.74 Å². The highest BCUT2D eigenvalue weighted by molar-refractivity contribution is 6.11. The fourth-order valence-corrected chi connectivity index (χ4v) is 6.52. The lowest BCUT2D eigenvalue weighted by molar-refractivity contribution is 0.487. The van der Waals surface area contributed by atoms with E-state index in [1.165, 1.54) is 5.56 Å². The summed E-state index contributed by atoms with van der Waals surface area (Å²) in [6, 6.07) is 56.2. The molecule has 9 rings (SSSR count). The standard InChI is InChI=1S/C43H27N3O/c1-4-12-28(13-5-1)29-22-24-32(25-23-29)42-44-41(31-16-8-3-9-17-31)45-43(46-42)35-26-27-38-40-34(35)19-10-20-36(40)39-33(18-11-21-37(39)47-38)30-14-6-2-7-15-30/h1-27H. The van der Waals surface area contributed by atoms with Gasteiger partial charge in [-0.05, 0) is 51.4 Å². The summed E-state index contributed by atoms with van der Waals surface area (Å²) in [5.74, 6) is 3.55. The maximum Gasteiger partial charge on any atom is 0.164 e. The molecule has 0 bridgehead atoms. The molecule has 1 aliphatic rings. The maximum atomic E-state index is 6.58. The summed E-state index contributed by atoms with van der Waals surface area (Å²) in [4.78, 5) is 15.1. The number of benzene rings is 7. The molecule has 0 radical (unpaired) electrons. The van der Waals surface area contributed by atoms with Crippen LogP contribution in [0.25, 0.3) is 78.3 Å². The second kappa shape index (κ2) is 11.2. The molecule has 1 aromatic heterocycles. The minimum Gasteiger partial charge on any atom is -0.456 e. The molecule has 1 aliphatic heterocycles. The van der Waals surface area contributed by atoms with Crippen molar-refractivity contribution < 1.29 is 4.74 Å². The highest BCUT2D eigenvalue weighted by atomic mass is 16.5. The van der Waals surface area contributed by atoms with Crippen LogP contribution in [-0.2, 0) is 0 Å². The lowest BCUT2D eigenvalue weighted by Gasteiger charge is -2.24. The predicted molar refractivity (Wildman–Crippen MR) is 190 cm³/mol. The van der Waals surface area contributed by atoms with E-state index in [1.807, 2.05) is 54.6 Å². The zero-order chi connectivity index (χ0) is 31.2. The van der Waals surface area contributed by atoms with Crippen molar-refractivity contribution in [1.29, 1.82) is 0 Å². The molecule has 0 aliphatic carbocycles. The fourth-order valence-electron chi connectivity index (χ4n) is 6.52. The van der Waals surface area contributed by atoms with Crippen LogP contribution >= 0.6 is 0 Å². The lowest BCUT2D eigenvalue weighted by Crippen LogP contribution is -2.02. The van der Waals surface area contributed by atoms with Gasteiger partial charge in [-0.2, -0.15) is 0 Å². The first-order chi connectivity index (χ1) is 23.3. The summed E-state index contributed by atoms with van der Waals surface area (Å²) in [6.07, 6.45) is 0. The second-order valence-corrected chi connectivity index (χ2v) is 11.6. The van der Waals surface area contributed by atoms with Crippen LogP contribution in [0.1, 0.15) is 0 Å². The Morgan fingerprint density at radius 1 is 0.319 bits per heavy atom. The van der Waals surface area contributed by atoms with E-state index in [4.69, 9.17) is 19.7 Å². The third kappa shape index (κ3) is 4.75. The molecule has 0 amide bonds. The number of hydrogen-bond donors (Lipinski definition) is 0. The molecule has 220 valence electrons. The Morgan fingerprint density at radius 3 is 1.55 bits per heavy atom. The van der Waals surface area contributed by atoms with Gasteiger partial charge in [0.05, 0.1) is 0 Å². The van der Waals surface area contributed by atoms with E-state index in [9.17, 15) is 0 Å². The quantitative estimate of drug-likeness (QED) is 0.197. The summed E-state index contributed by atoms with van der Waals surface area (Å²) in [6.45, 7) is 0.